The van der Waals surface area contributed by atoms with E-state index in [1.807, 2.05) is 0 Å². The van der Waals surface area contributed by atoms with Crippen molar-refractivity contribution >= 4 is 11.9 Å². The molecule has 0 bridgehead atoms. The van der Waals surface area contributed by atoms with Gasteiger partial charge in [0.2, 0.25) is 5.91 Å². The third kappa shape index (κ3) is 3.39. The monoisotopic (exact) mass is 279 g/mol. The summed E-state index contributed by atoms with van der Waals surface area (Å²) in [6.45, 7) is 0.325. The maximum atomic E-state index is 12.5. The van der Waals surface area contributed by atoms with Gasteiger partial charge in [-0.25, -0.2) is 0 Å². The van der Waals surface area contributed by atoms with Crippen LogP contribution in [0.3, 0.4) is 0 Å². The molecule has 7 heteroatoms. The van der Waals surface area contributed by atoms with Gasteiger partial charge in [0.05, 0.1) is 11.8 Å². The Morgan fingerprint density at radius 2 is 1.89 bits per heavy atom. The summed E-state index contributed by atoms with van der Waals surface area (Å²) in [5, 5.41) is 8.75. The van der Waals surface area contributed by atoms with Crippen LogP contribution in [0.4, 0.5) is 13.2 Å². The quantitative estimate of drug-likeness (QED) is 0.836. The van der Waals surface area contributed by atoms with Crippen molar-refractivity contribution in [3.63, 3.8) is 0 Å². The summed E-state index contributed by atoms with van der Waals surface area (Å²) >= 11 is 0. The van der Waals surface area contributed by atoms with E-state index in [-0.39, 0.29) is 12.3 Å². The van der Waals surface area contributed by atoms with Crippen LogP contribution in [-0.4, -0.2) is 40.6 Å². The first-order chi connectivity index (χ1) is 8.70. The van der Waals surface area contributed by atoms with Gasteiger partial charge >= 0.3 is 12.1 Å². The van der Waals surface area contributed by atoms with Crippen molar-refractivity contribution in [2.24, 2.45) is 17.8 Å². The van der Waals surface area contributed by atoms with Crippen molar-refractivity contribution in [1.82, 2.24) is 4.90 Å². The average molecular weight is 279 g/mol. The molecule has 0 saturated heterocycles. The van der Waals surface area contributed by atoms with E-state index in [4.69, 9.17) is 5.11 Å². The third-order valence-corrected chi connectivity index (χ3v) is 3.85. The number of nitrogens with zero attached hydrogens (tertiary/aromatic N) is 1. The molecular weight excluding hydrogens is 263 g/mol. The minimum atomic E-state index is -4.45. The molecule has 4 nitrogen and oxygen atoms in total. The number of rotatable bonds is 5. The fourth-order valence-corrected chi connectivity index (χ4v) is 2.40. The average Bonchev–Trinajstić information content (AvgIpc) is 3.15. The lowest BCUT2D eigenvalue weighted by Crippen LogP contribution is -2.46. The molecule has 2 aliphatic rings. The standard InChI is InChI=1S/C12H16F3NO3/c1-6(7-2-3-7)16(5-12(13,14)15)10(17)8-4-9(8)11(18)19/h6-9H,2-5H2,1H3,(H,18,19)/t6?,8-,9+/m1/s1. The highest BCUT2D eigenvalue weighted by Gasteiger charge is 2.52. The molecule has 2 aliphatic carbocycles. The largest absolute Gasteiger partial charge is 0.481 e. The zero-order chi connectivity index (χ0) is 14.4. The van der Waals surface area contributed by atoms with E-state index in [0.29, 0.717) is 0 Å². The summed E-state index contributed by atoms with van der Waals surface area (Å²) in [6, 6.07) is -0.468. The molecule has 0 aromatic rings. The Labute approximate surface area is 108 Å². The van der Waals surface area contributed by atoms with Crippen LogP contribution < -0.4 is 0 Å². The molecule has 0 radical (unpaired) electrons. The first-order valence-electron chi connectivity index (χ1n) is 6.30. The van der Waals surface area contributed by atoms with Crippen molar-refractivity contribution in [3.05, 3.63) is 0 Å². The first kappa shape index (κ1) is 14.1. The number of hydrogen-bond donors (Lipinski definition) is 1. The zero-order valence-electron chi connectivity index (χ0n) is 10.5. The molecule has 0 spiro atoms. The number of alkyl halides is 3. The summed E-state index contributed by atoms with van der Waals surface area (Å²) in [6.07, 6.45) is -2.64. The second kappa shape index (κ2) is 4.68. The van der Waals surface area contributed by atoms with E-state index in [1.165, 1.54) is 0 Å². The Morgan fingerprint density at radius 1 is 1.32 bits per heavy atom. The van der Waals surface area contributed by atoms with Gasteiger partial charge < -0.3 is 10.0 Å². The van der Waals surface area contributed by atoms with Crippen molar-refractivity contribution in [1.29, 1.82) is 0 Å². The van der Waals surface area contributed by atoms with Gasteiger partial charge in [-0.15, -0.1) is 0 Å². The molecule has 0 aromatic heterocycles. The molecule has 3 atom stereocenters. The van der Waals surface area contributed by atoms with E-state index in [0.717, 1.165) is 17.7 Å². The van der Waals surface area contributed by atoms with Crippen molar-refractivity contribution in [3.8, 4) is 0 Å². The maximum Gasteiger partial charge on any atom is 0.406 e. The number of carboxylic acids is 1. The number of hydrogen-bond acceptors (Lipinski definition) is 2. The Hall–Kier alpha value is -1.27. The Kier molecular flexibility index (Phi) is 3.49. The van der Waals surface area contributed by atoms with Crippen molar-refractivity contribution in [2.45, 2.75) is 38.4 Å². The summed E-state index contributed by atoms with van der Waals surface area (Å²) < 4.78 is 37.6. The van der Waals surface area contributed by atoms with E-state index in [2.05, 4.69) is 0 Å². The van der Waals surface area contributed by atoms with Crippen LogP contribution in [0.15, 0.2) is 0 Å². The molecule has 2 fully saturated rings. The molecular formula is C12H16F3NO3. The summed E-state index contributed by atoms with van der Waals surface area (Å²) in [4.78, 5) is 23.6. The fourth-order valence-electron chi connectivity index (χ4n) is 2.40. The van der Waals surface area contributed by atoms with Crippen LogP contribution in [-0.2, 0) is 9.59 Å². The lowest BCUT2D eigenvalue weighted by molar-refractivity contribution is -0.167. The number of aliphatic carboxylic acids is 1. The smallest absolute Gasteiger partial charge is 0.406 e. The van der Waals surface area contributed by atoms with Crippen LogP contribution in [0.5, 0.6) is 0 Å². The number of carbonyl (C=O) groups excluding carboxylic acids is 1. The van der Waals surface area contributed by atoms with Crippen LogP contribution in [0.25, 0.3) is 0 Å². The normalized spacial score (nSPS) is 27.8. The van der Waals surface area contributed by atoms with Gasteiger partial charge in [0.25, 0.3) is 0 Å². The summed E-state index contributed by atoms with van der Waals surface area (Å²) in [7, 11) is 0. The Balaban J connectivity index is 2.04. The van der Waals surface area contributed by atoms with Crippen LogP contribution in [0, 0.1) is 17.8 Å². The zero-order valence-corrected chi connectivity index (χ0v) is 10.5. The van der Waals surface area contributed by atoms with Gasteiger partial charge in [0, 0.05) is 6.04 Å². The SMILES string of the molecule is CC(C1CC1)N(CC(F)(F)F)C(=O)[C@@H]1C[C@@H]1C(=O)O. The molecule has 108 valence electrons. The van der Waals surface area contributed by atoms with E-state index in [1.54, 1.807) is 6.92 Å². The van der Waals surface area contributed by atoms with Gasteiger partial charge in [-0.3, -0.25) is 9.59 Å². The second-order valence-electron chi connectivity index (χ2n) is 5.45. The molecule has 1 amide bonds. The van der Waals surface area contributed by atoms with E-state index >= 15 is 0 Å². The lowest BCUT2D eigenvalue weighted by Gasteiger charge is -2.30. The number of amides is 1. The predicted molar refractivity (Wildman–Crippen MR) is 59.2 cm³/mol. The Morgan fingerprint density at radius 3 is 2.26 bits per heavy atom. The van der Waals surface area contributed by atoms with Gasteiger partial charge in [-0.1, -0.05) is 0 Å². The van der Waals surface area contributed by atoms with E-state index in [9.17, 15) is 22.8 Å². The number of carboxylic acid groups (broad SMARTS) is 1. The first-order valence-corrected chi connectivity index (χ1v) is 6.30. The summed E-state index contributed by atoms with van der Waals surface area (Å²) in [5.74, 6) is -3.24. The molecule has 1 N–H and O–H groups in total. The molecule has 0 heterocycles. The third-order valence-electron chi connectivity index (χ3n) is 3.85. The number of carbonyl (C=O) groups is 2. The minimum Gasteiger partial charge on any atom is -0.481 e. The highest BCUT2D eigenvalue weighted by Crippen LogP contribution is 2.43. The second-order valence-corrected chi connectivity index (χ2v) is 5.45. The number of halogens is 3. The molecule has 19 heavy (non-hydrogen) atoms. The van der Waals surface area contributed by atoms with Gasteiger partial charge in [0.15, 0.2) is 0 Å². The van der Waals surface area contributed by atoms with E-state index < -0.39 is 42.5 Å². The minimum absolute atomic E-state index is 0.119. The maximum absolute atomic E-state index is 12.5. The molecule has 2 saturated carbocycles. The fraction of sp³-hybridized carbons (Fsp3) is 0.833. The molecule has 0 aliphatic heterocycles. The Bertz CT molecular complexity index is 392. The lowest BCUT2D eigenvalue weighted by atomic mass is 10.1. The summed E-state index contributed by atoms with van der Waals surface area (Å²) in [5.41, 5.74) is 0. The van der Waals surface area contributed by atoms with Gasteiger partial charge in [0.1, 0.15) is 6.54 Å². The van der Waals surface area contributed by atoms with Crippen molar-refractivity contribution < 1.29 is 27.9 Å². The topological polar surface area (TPSA) is 57.6 Å². The van der Waals surface area contributed by atoms with Crippen LogP contribution in [0.2, 0.25) is 0 Å². The van der Waals surface area contributed by atoms with Crippen LogP contribution >= 0.6 is 0 Å². The molecule has 0 aromatic carbocycles. The van der Waals surface area contributed by atoms with Gasteiger partial charge in [-0.2, -0.15) is 13.2 Å². The highest BCUT2D eigenvalue weighted by molar-refractivity contribution is 5.89. The predicted octanol–water partition coefficient (Wildman–Crippen LogP) is 1.90. The van der Waals surface area contributed by atoms with Gasteiger partial charge in [-0.05, 0) is 32.1 Å². The highest BCUT2D eigenvalue weighted by atomic mass is 19.4. The van der Waals surface area contributed by atoms with Crippen molar-refractivity contribution in [2.75, 3.05) is 6.54 Å². The molecule has 2 rings (SSSR count). The molecule has 1 unspecified atom stereocenters. The van der Waals surface area contributed by atoms with Crippen LogP contribution in [0.1, 0.15) is 26.2 Å².